The number of amides is 2. The topological polar surface area (TPSA) is 67.2 Å². The van der Waals surface area contributed by atoms with Crippen LogP contribution in [0.25, 0.3) is 6.20 Å². The average Bonchev–Trinajstić information content (AvgIpc) is 3.05. The molecule has 0 atom stereocenters. The molecule has 1 aliphatic heterocycles. The Morgan fingerprint density at radius 3 is 2.76 bits per heavy atom. The number of carbonyl (C=O) groups is 2. The number of anilines is 1. The van der Waals surface area contributed by atoms with E-state index in [0.29, 0.717) is 17.7 Å². The number of hydrogen-bond acceptors (Lipinski definition) is 4. The highest BCUT2D eigenvalue weighted by molar-refractivity contribution is 6.21. The molecule has 0 fully saturated rings. The molecule has 1 aromatic heterocycles. The van der Waals surface area contributed by atoms with E-state index >= 15 is 0 Å². The second kappa shape index (κ2) is 4.90. The number of aromatic nitrogens is 2. The summed E-state index contributed by atoms with van der Waals surface area (Å²) >= 11 is 0. The molecule has 1 N–H and O–H groups in total. The van der Waals surface area contributed by atoms with Crippen molar-refractivity contribution in [3.63, 3.8) is 0 Å². The maximum atomic E-state index is 11.9. The molecule has 0 aliphatic carbocycles. The molecule has 3 rings (SSSR count). The van der Waals surface area contributed by atoms with Crippen molar-refractivity contribution < 1.29 is 9.59 Å². The number of rotatable bonds is 4. The van der Waals surface area contributed by atoms with Gasteiger partial charge in [-0.05, 0) is 18.2 Å². The van der Waals surface area contributed by atoms with Crippen molar-refractivity contribution in [2.45, 2.75) is 6.54 Å². The van der Waals surface area contributed by atoms with Crippen molar-refractivity contribution in [1.82, 2.24) is 14.7 Å². The van der Waals surface area contributed by atoms with Crippen LogP contribution in [0, 0.1) is 0 Å². The lowest BCUT2D eigenvalue weighted by atomic mass is 10.1. The molecule has 21 heavy (non-hydrogen) atoms. The van der Waals surface area contributed by atoms with E-state index in [1.54, 1.807) is 35.3 Å². The first-order valence-electron chi connectivity index (χ1n) is 6.46. The quantitative estimate of drug-likeness (QED) is 0.869. The number of nitrogens with zero attached hydrogens (tertiary/aromatic N) is 3. The Labute approximate surface area is 121 Å². The van der Waals surface area contributed by atoms with Crippen LogP contribution in [0.4, 0.5) is 5.69 Å². The van der Waals surface area contributed by atoms with E-state index in [9.17, 15) is 9.59 Å². The number of benzene rings is 1. The molecule has 0 radical (unpaired) electrons. The Balaban J connectivity index is 1.77. The molecule has 2 heterocycles. The number of fused-ring (bicyclic) bond motifs is 1. The molecule has 2 aromatic rings. The van der Waals surface area contributed by atoms with Gasteiger partial charge in [-0.2, -0.15) is 5.10 Å². The van der Waals surface area contributed by atoms with Crippen molar-refractivity contribution in [2.24, 2.45) is 0 Å². The number of imide groups is 1. The van der Waals surface area contributed by atoms with Crippen LogP contribution in [-0.2, 0) is 6.54 Å². The van der Waals surface area contributed by atoms with Gasteiger partial charge in [-0.25, -0.2) is 4.68 Å². The number of nitrogens with one attached hydrogen (secondary N) is 1. The molecular weight excluding hydrogens is 268 g/mol. The van der Waals surface area contributed by atoms with E-state index in [2.05, 4.69) is 17.0 Å². The highest BCUT2D eigenvalue weighted by Gasteiger charge is 2.32. The SMILES string of the molecule is C=Cn1cc(CNc2ccc3c(c2)C(=O)N(C)C3=O)cn1. The van der Waals surface area contributed by atoms with Crippen LogP contribution < -0.4 is 5.32 Å². The van der Waals surface area contributed by atoms with Gasteiger partial charge in [0.15, 0.2) is 0 Å². The Morgan fingerprint density at radius 2 is 2.05 bits per heavy atom. The Morgan fingerprint density at radius 1 is 1.29 bits per heavy atom. The van der Waals surface area contributed by atoms with Gasteiger partial charge in [-0.15, -0.1) is 0 Å². The smallest absolute Gasteiger partial charge is 0.261 e. The second-order valence-electron chi connectivity index (χ2n) is 4.79. The zero-order valence-corrected chi connectivity index (χ0v) is 11.5. The third-order valence-electron chi connectivity index (χ3n) is 3.43. The zero-order chi connectivity index (χ0) is 15.0. The van der Waals surface area contributed by atoms with Gasteiger partial charge in [0.1, 0.15) is 0 Å². The number of carbonyl (C=O) groups excluding carboxylic acids is 2. The summed E-state index contributed by atoms with van der Waals surface area (Å²) in [7, 11) is 1.49. The fraction of sp³-hybridized carbons (Fsp3) is 0.133. The first-order valence-corrected chi connectivity index (χ1v) is 6.46. The summed E-state index contributed by atoms with van der Waals surface area (Å²) in [6, 6.07) is 5.17. The monoisotopic (exact) mass is 282 g/mol. The molecule has 0 saturated heterocycles. The highest BCUT2D eigenvalue weighted by atomic mass is 16.2. The van der Waals surface area contributed by atoms with Gasteiger partial charge in [0.2, 0.25) is 0 Å². The van der Waals surface area contributed by atoms with Crippen molar-refractivity contribution >= 4 is 23.7 Å². The largest absolute Gasteiger partial charge is 0.381 e. The fourth-order valence-corrected chi connectivity index (χ4v) is 2.24. The van der Waals surface area contributed by atoms with Crippen LogP contribution in [0.15, 0.2) is 37.2 Å². The van der Waals surface area contributed by atoms with Gasteiger partial charge in [-0.1, -0.05) is 6.58 Å². The van der Waals surface area contributed by atoms with Gasteiger partial charge in [0, 0.05) is 37.2 Å². The Hall–Kier alpha value is -2.89. The minimum absolute atomic E-state index is 0.256. The molecule has 1 aromatic carbocycles. The average molecular weight is 282 g/mol. The zero-order valence-electron chi connectivity index (χ0n) is 11.5. The molecule has 2 amide bonds. The summed E-state index contributed by atoms with van der Waals surface area (Å²) in [5.41, 5.74) is 2.67. The van der Waals surface area contributed by atoms with E-state index < -0.39 is 0 Å². The molecule has 1 aliphatic rings. The lowest BCUT2D eigenvalue weighted by Gasteiger charge is -2.05. The van der Waals surface area contributed by atoms with E-state index in [4.69, 9.17) is 0 Å². The molecule has 0 saturated carbocycles. The maximum absolute atomic E-state index is 11.9. The van der Waals surface area contributed by atoms with Crippen molar-refractivity contribution in [3.8, 4) is 0 Å². The maximum Gasteiger partial charge on any atom is 0.261 e. The second-order valence-corrected chi connectivity index (χ2v) is 4.79. The number of hydrogen-bond donors (Lipinski definition) is 1. The summed E-state index contributed by atoms with van der Waals surface area (Å²) in [4.78, 5) is 24.9. The van der Waals surface area contributed by atoms with Gasteiger partial charge >= 0.3 is 0 Å². The molecule has 106 valence electrons. The predicted octanol–water partition coefficient (Wildman–Crippen LogP) is 1.82. The third-order valence-corrected chi connectivity index (χ3v) is 3.43. The van der Waals surface area contributed by atoms with E-state index in [1.807, 2.05) is 6.20 Å². The Bertz CT molecular complexity index is 748. The summed E-state index contributed by atoms with van der Waals surface area (Å²) in [5.74, 6) is -0.521. The van der Waals surface area contributed by atoms with Gasteiger partial charge in [0.05, 0.1) is 17.3 Å². The van der Waals surface area contributed by atoms with Crippen molar-refractivity contribution in [2.75, 3.05) is 12.4 Å². The van der Waals surface area contributed by atoms with Crippen LogP contribution in [-0.4, -0.2) is 33.5 Å². The molecular formula is C15H14N4O2. The van der Waals surface area contributed by atoms with Crippen LogP contribution in [0.1, 0.15) is 26.3 Å². The van der Waals surface area contributed by atoms with Crippen LogP contribution in [0.5, 0.6) is 0 Å². The molecule has 0 spiro atoms. The minimum Gasteiger partial charge on any atom is -0.381 e. The summed E-state index contributed by atoms with van der Waals surface area (Å²) in [6.07, 6.45) is 5.21. The van der Waals surface area contributed by atoms with Crippen LogP contribution in [0.3, 0.4) is 0 Å². The normalized spacial score (nSPS) is 13.5. The molecule has 6 heteroatoms. The third kappa shape index (κ3) is 2.20. The molecule has 0 bridgehead atoms. The van der Waals surface area contributed by atoms with E-state index in [1.165, 1.54) is 7.05 Å². The standard InChI is InChI=1S/C15H14N4O2/c1-3-19-9-10(8-17-19)7-16-11-4-5-12-13(6-11)15(21)18(2)14(12)20/h3-6,8-9,16H,1,7H2,2H3. The lowest BCUT2D eigenvalue weighted by molar-refractivity contribution is 0.0693. The highest BCUT2D eigenvalue weighted by Crippen LogP contribution is 2.24. The van der Waals surface area contributed by atoms with Gasteiger partial charge in [-0.3, -0.25) is 14.5 Å². The Kier molecular flexibility index (Phi) is 3.06. The van der Waals surface area contributed by atoms with Crippen LogP contribution in [0.2, 0.25) is 0 Å². The molecule has 0 unspecified atom stereocenters. The minimum atomic E-state index is -0.266. The van der Waals surface area contributed by atoms with Crippen LogP contribution >= 0.6 is 0 Å². The van der Waals surface area contributed by atoms with Crippen molar-refractivity contribution in [3.05, 3.63) is 53.9 Å². The summed E-state index contributed by atoms with van der Waals surface area (Å²) < 4.78 is 1.62. The fourth-order valence-electron chi connectivity index (χ4n) is 2.24. The van der Waals surface area contributed by atoms with Gasteiger partial charge in [0.25, 0.3) is 11.8 Å². The van der Waals surface area contributed by atoms with E-state index in [0.717, 1.165) is 16.2 Å². The first-order chi connectivity index (χ1) is 10.1. The van der Waals surface area contributed by atoms with Gasteiger partial charge < -0.3 is 5.32 Å². The summed E-state index contributed by atoms with van der Waals surface area (Å²) in [6.45, 7) is 4.20. The lowest BCUT2D eigenvalue weighted by Crippen LogP contribution is -2.24. The summed E-state index contributed by atoms with van der Waals surface area (Å²) in [5, 5.41) is 7.30. The predicted molar refractivity (Wildman–Crippen MR) is 78.8 cm³/mol. The first kappa shape index (κ1) is 13.1. The molecule has 6 nitrogen and oxygen atoms in total. The van der Waals surface area contributed by atoms with Crippen molar-refractivity contribution in [1.29, 1.82) is 0 Å². The van der Waals surface area contributed by atoms with E-state index in [-0.39, 0.29) is 11.8 Å².